The van der Waals surface area contributed by atoms with Crippen molar-refractivity contribution in [1.29, 1.82) is 5.26 Å². The number of para-hydroxylation sites is 1. The van der Waals surface area contributed by atoms with E-state index in [9.17, 15) is 5.26 Å². The molecule has 0 aliphatic carbocycles. The summed E-state index contributed by atoms with van der Waals surface area (Å²) in [6.07, 6.45) is 1.04. The molecule has 0 atom stereocenters. The topological polar surface area (TPSA) is 27.0 Å². The second kappa shape index (κ2) is 4.47. The van der Waals surface area contributed by atoms with E-state index in [-0.39, 0.29) is 0 Å². The van der Waals surface area contributed by atoms with Gasteiger partial charge in [0, 0.05) is 16.7 Å². The standard InChI is InChI=1S/C15H11BrN2/c16-13-5-3-7-15(12(13)10-17)18-9-8-11-4-1-2-6-14(11)18/h1-7H,8-9H2. The van der Waals surface area contributed by atoms with Gasteiger partial charge < -0.3 is 4.90 Å². The Morgan fingerprint density at radius 2 is 1.83 bits per heavy atom. The first-order valence-corrected chi connectivity index (χ1v) is 6.64. The van der Waals surface area contributed by atoms with Crippen LogP contribution < -0.4 is 4.90 Å². The molecule has 18 heavy (non-hydrogen) atoms. The molecule has 1 aliphatic rings. The van der Waals surface area contributed by atoms with Gasteiger partial charge in [0.1, 0.15) is 6.07 Å². The monoisotopic (exact) mass is 298 g/mol. The molecule has 0 radical (unpaired) electrons. The Labute approximate surface area is 115 Å². The molecule has 3 heteroatoms. The molecule has 0 saturated carbocycles. The van der Waals surface area contributed by atoms with Crippen LogP contribution in [0.3, 0.4) is 0 Å². The maximum absolute atomic E-state index is 9.30. The number of fused-ring (bicyclic) bond motifs is 1. The van der Waals surface area contributed by atoms with E-state index < -0.39 is 0 Å². The van der Waals surface area contributed by atoms with E-state index in [2.05, 4.69) is 45.1 Å². The van der Waals surface area contributed by atoms with E-state index >= 15 is 0 Å². The van der Waals surface area contributed by atoms with Crippen molar-refractivity contribution in [2.24, 2.45) is 0 Å². The molecule has 1 aliphatic heterocycles. The molecule has 0 spiro atoms. The van der Waals surface area contributed by atoms with E-state index in [4.69, 9.17) is 0 Å². The summed E-state index contributed by atoms with van der Waals surface area (Å²) in [6.45, 7) is 0.935. The maximum Gasteiger partial charge on any atom is 0.103 e. The van der Waals surface area contributed by atoms with Crippen molar-refractivity contribution < 1.29 is 0 Å². The van der Waals surface area contributed by atoms with Crippen LogP contribution in [0.2, 0.25) is 0 Å². The number of hydrogen-bond donors (Lipinski definition) is 0. The van der Waals surface area contributed by atoms with Crippen molar-refractivity contribution in [2.75, 3.05) is 11.4 Å². The summed E-state index contributed by atoms with van der Waals surface area (Å²) in [5, 5.41) is 9.30. The van der Waals surface area contributed by atoms with Gasteiger partial charge in [0.15, 0.2) is 0 Å². The highest BCUT2D eigenvalue weighted by molar-refractivity contribution is 9.10. The summed E-state index contributed by atoms with van der Waals surface area (Å²) in [5.41, 5.74) is 4.25. The van der Waals surface area contributed by atoms with Crippen molar-refractivity contribution >= 4 is 27.3 Å². The third-order valence-corrected chi connectivity index (χ3v) is 3.94. The molecule has 0 fully saturated rings. The Bertz CT molecular complexity index is 643. The molecule has 88 valence electrons. The molecule has 2 aromatic rings. The Hall–Kier alpha value is -1.79. The normalized spacial score (nSPS) is 13.2. The molecular formula is C15H11BrN2. The first kappa shape index (κ1) is 11.3. The summed E-state index contributed by atoms with van der Waals surface area (Å²) < 4.78 is 0.854. The predicted molar refractivity (Wildman–Crippen MR) is 76.0 cm³/mol. The molecule has 2 nitrogen and oxygen atoms in total. The average molecular weight is 299 g/mol. The molecule has 0 saturated heterocycles. The van der Waals surface area contributed by atoms with Gasteiger partial charge in [0.25, 0.3) is 0 Å². The van der Waals surface area contributed by atoms with Gasteiger partial charge in [0.2, 0.25) is 0 Å². The number of nitrogens with zero attached hydrogens (tertiary/aromatic N) is 2. The second-order valence-corrected chi connectivity index (χ2v) is 5.13. The van der Waals surface area contributed by atoms with Crippen molar-refractivity contribution in [3.63, 3.8) is 0 Å². The van der Waals surface area contributed by atoms with Gasteiger partial charge in [-0.2, -0.15) is 5.26 Å². The van der Waals surface area contributed by atoms with Crippen LogP contribution in [0.1, 0.15) is 11.1 Å². The number of halogens is 1. The Morgan fingerprint density at radius 1 is 1.06 bits per heavy atom. The van der Waals surface area contributed by atoms with E-state index in [0.29, 0.717) is 5.56 Å². The van der Waals surface area contributed by atoms with Crippen molar-refractivity contribution in [3.8, 4) is 6.07 Å². The van der Waals surface area contributed by atoms with Gasteiger partial charge in [-0.1, -0.05) is 24.3 Å². The van der Waals surface area contributed by atoms with Crippen LogP contribution >= 0.6 is 15.9 Å². The number of nitriles is 1. The fourth-order valence-corrected chi connectivity index (χ4v) is 2.88. The summed E-state index contributed by atoms with van der Waals surface area (Å²) in [6, 6.07) is 16.5. The lowest BCUT2D eigenvalue weighted by Crippen LogP contribution is -2.14. The average Bonchev–Trinajstić information content (AvgIpc) is 2.82. The zero-order chi connectivity index (χ0) is 12.5. The summed E-state index contributed by atoms with van der Waals surface area (Å²) >= 11 is 3.45. The maximum atomic E-state index is 9.30. The molecule has 1 heterocycles. The highest BCUT2D eigenvalue weighted by atomic mass is 79.9. The lowest BCUT2D eigenvalue weighted by atomic mass is 10.1. The Kier molecular flexibility index (Phi) is 2.81. The van der Waals surface area contributed by atoms with E-state index in [1.165, 1.54) is 11.3 Å². The summed E-state index contributed by atoms with van der Waals surface area (Å²) in [5.74, 6) is 0. The van der Waals surface area contributed by atoms with Gasteiger partial charge in [0.05, 0.1) is 11.3 Å². The third-order valence-electron chi connectivity index (χ3n) is 3.28. The van der Waals surface area contributed by atoms with Crippen LogP contribution in [-0.4, -0.2) is 6.54 Å². The molecule has 0 unspecified atom stereocenters. The van der Waals surface area contributed by atoms with Crippen LogP contribution in [-0.2, 0) is 6.42 Å². The fraction of sp³-hybridized carbons (Fsp3) is 0.133. The minimum absolute atomic E-state index is 0.703. The zero-order valence-electron chi connectivity index (χ0n) is 9.73. The van der Waals surface area contributed by atoms with Crippen LogP contribution in [0.25, 0.3) is 0 Å². The van der Waals surface area contributed by atoms with Gasteiger partial charge >= 0.3 is 0 Å². The number of anilines is 2. The molecule has 0 N–H and O–H groups in total. The highest BCUT2D eigenvalue weighted by Gasteiger charge is 2.22. The predicted octanol–water partition coefficient (Wildman–Crippen LogP) is 4.01. The quantitative estimate of drug-likeness (QED) is 0.795. The molecular weight excluding hydrogens is 288 g/mol. The van der Waals surface area contributed by atoms with E-state index in [1.807, 2.05) is 24.3 Å². The molecule has 0 bridgehead atoms. The fourth-order valence-electron chi connectivity index (χ4n) is 2.44. The van der Waals surface area contributed by atoms with Crippen LogP contribution in [0.15, 0.2) is 46.9 Å². The van der Waals surface area contributed by atoms with Crippen LogP contribution in [0.4, 0.5) is 11.4 Å². The smallest absolute Gasteiger partial charge is 0.103 e. The first-order valence-electron chi connectivity index (χ1n) is 5.85. The first-order chi connectivity index (χ1) is 8.81. The number of hydrogen-bond acceptors (Lipinski definition) is 2. The summed E-state index contributed by atoms with van der Waals surface area (Å²) in [7, 11) is 0. The van der Waals surface area contributed by atoms with E-state index in [0.717, 1.165) is 23.1 Å². The SMILES string of the molecule is N#Cc1c(Br)cccc1N1CCc2ccccc21. The lowest BCUT2D eigenvalue weighted by Gasteiger charge is -2.21. The minimum atomic E-state index is 0.703. The van der Waals surface area contributed by atoms with Gasteiger partial charge in [-0.05, 0) is 46.1 Å². The Balaban J connectivity index is 2.14. The molecule has 0 amide bonds. The van der Waals surface area contributed by atoms with E-state index in [1.54, 1.807) is 0 Å². The number of rotatable bonds is 1. The summed E-state index contributed by atoms with van der Waals surface area (Å²) in [4.78, 5) is 2.22. The number of benzene rings is 2. The zero-order valence-corrected chi connectivity index (χ0v) is 11.3. The molecule has 2 aromatic carbocycles. The second-order valence-electron chi connectivity index (χ2n) is 4.28. The van der Waals surface area contributed by atoms with Crippen LogP contribution in [0, 0.1) is 11.3 Å². The van der Waals surface area contributed by atoms with Crippen molar-refractivity contribution in [1.82, 2.24) is 0 Å². The van der Waals surface area contributed by atoms with Crippen molar-refractivity contribution in [3.05, 3.63) is 58.1 Å². The van der Waals surface area contributed by atoms with Crippen LogP contribution in [0.5, 0.6) is 0 Å². The highest BCUT2D eigenvalue weighted by Crippen LogP contribution is 2.37. The van der Waals surface area contributed by atoms with Gasteiger partial charge in [-0.15, -0.1) is 0 Å². The third kappa shape index (κ3) is 1.70. The molecule has 3 rings (SSSR count). The van der Waals surface area contributed by atoms with Gasteiger partial charge in [-0.3, -0.25) is 0 Å². The largest absolute Gasteiger partial charge is 0.340 e. The molecule has 0 aromatic heterocycles. The van der Waals surface area contributed by atoms with Gasteiger partial charge in [-0.25, -0.2) is 0 Å². The minimum Gasteiger partial charge on any atom is -0.340 e. The van der Waals surface area contributed by atoms with Crippen molar-refractivity contribution in [2.45, 2.75) is 6.42 Å². The Morgan fingerprint density at radius 3 is 2.67 bits per heavy atom. The lowest BCUT2D eigenvalue weighted by molar-refractivity contribution is 0.995.